The van der Waals surface area contributed by atoms with Crippen LogP contribution in [-0.2, 0) is 13.5 Å². The molecule has 5 heteroatoms. The number of nitrogens with zero attached hydrogens (tertiary/aromatic N) is 3. The summed E-state index contributed by atoms with van der Waals surface area (Å²) >= 11 is 0. The van der Waals surface area contributed by atoms with E-state index in [1.165, 1.54) is 18.4 Å². The Hall–Kier alpha value is -3.23. The summed E-state index contributed by atoms with van der Waals surface area (Å²) in [6.07, 6.45) is 5.34. The fourth-order valence-electron chi connectivity index (χ4n) is 4.72. The Morgan fingerprint density at radius 2 is 1.78 bits per heavy atom. The van der Waals surface area contributed by atoms with Crippen LogP contribution in [0.1, 0.15) is 48.4 Å². The van der Waals surface area contributed by atoms with Gasteiger partial charge in [0.05, 0.1) is 23.0 Å². The average molecular weight is 425 g/mol. The third-order valence-electron chi connectivity index (χ3n) is 6.83. The molecule has 2 heterocycles. The first kappa shape index (κ1) is 20.7. The van der Waals surface area contributed by atoms with Crippen LogP contribution < -0.4 is 10.9 Å². The van der Waals surface area contributed by atoms with Gasteiger partial charge < -0.3 is 9.88 Å². The summed E-state index contributed by atoms with van der Waals surface area (Å²) in [5.41, 5.74) is 6.13. The van der Waals surface area contributed by atoms with Gasteiger partial charge in [0.1, 0.15) is 5.69 Å². The molecule has 0 amide bonds. The van der Waals surface area contributed by atoms with Crippen LogP contribution in [0, 0.1) is 17.2 Å². The molecule has 1 saturated heterocycles. The van der Waals surface area contributed by atoms with Gasteiger partial charge in [0.15, 0.2) is 0 Å². The predicted octanol–water partition coefficient (Wildman–Crippen LogP) is 4.41. The van der Waals surface area contributed by atoms with Gasteiger partial charge >= 0.3 is 0 Å². The lowest BCUT2D eigenvalue weighted by Gasteiger charge is -2.17. The Morgan fingerprint density at radius 3 is 2.41 bits per heavy atom. The van der Waals surface area contributed by atoms with E-state index in [1.54, 1.807) is 4.57 Å². The number of benzene rings is 2. The van der Waals surface area contributed by atoms with Crippen LogP contribution in [0.25, 0.3) is 22.5 Å². The molecule has 1 aliphatic heterocycles. The molecule has 0 spiro atoms. The van der Waals surface area contributed by atoms with E-state index in [9.17, 15) is 10.1 Å². The summed E-state index contributed by atoms with van der Waals surface area (Å²) in [7, 11) is 1.85. The van der Waals surface area contributed by atoms with Crippen LogP contribution in [0.5, 0.6) is 0 Å². The van der Waals surface area contributed by atoms with Gasteiger partial charge in [0, 0.05) is 18.2 Å². The van der Waals surface area contributed by atoms with E-state index in [2.05, 4.69) is 35.7 Å². The van der Waals surface area contributed by atoms with Crippen LogP contribution in [0.15, 0.2) is 53.3 Å². The lowest BCUT2D eigenvalue weighted by atomic mass is 9.99. The second-order valence-corrected chi connectivity index (χ2v) is 9.10. The van der Waals surface area contributed by atoms with Gasteiger partial charge in [0.25, 0.3) is 5.56 Å². The van der Waals surface area contributed by atoms with E-state index in [-0.39, 0.29) is 5.56 Å². The van der Waals surface area contributed by atoms with Crippen LogP contribution in [-0.4, -0.2) is 22.6 Å². The second kappa shape index (κ2) is 8.72. The zero-order chi connectivity index (χ0) is 22.1. The average Bonchev–Trinajstić information content (AvgIpc) is 3.55. The lowest BCUT2D eigenvalue weighted by molar-refractivity contribution is 0.526. The van der Waals surface area contributed by atoms with E-state index < -0.39 is 0 Å². The van der Waals surface area contributed by atoms with Crippen molar-refractivity contribution in [2.24, 2.45) is 13.0 Å². The highest BCUT2D eigenvalue weighted by atomic mass is 16.1. The smallest absolute Gasteiger partial charge is 0.272 e. The first-order valence-corrected chi connectivity index (χ1v) is 11.6. The van der Waals surface area contributed by atoms with Crippen molar-refractivity contribution in [2.45, 2.75) is 38.0 Å². The van der Waals surface area contributed by atoms with Gasteiger partial charge in [-0.1, -0.05) is 36.4 Å². The number of hydrogen-bond acceptors (Lipinski definition) is 4. The summed E-state index contributed by atoms with van der Waals surface area (Å²) in [4.78, 5) is 18.2. The van der Waals surface area contributed by atoms with E-state index in [0.717, 1.165) is 48.4 Å². The molecule has 0 bridgehead atoms. The molecule has 0 radical (unpaired) electrons. The van der Waals surface area contributed by atoms with Crippen molar-refractivity contribution in [3.8, 4) is 28.6 Å². The van der Waals surface area contributed by atoms with Gasteiger partial charge in [-0.05, 0) is 74.7 Å². The van der Waals surface area contributed by atoms with Crippen molar-refractivity contribution in [1.82, 2.24) is 14.9 Å². The molecular weight excluding hydrogens is 396 g/mol. The topological polar surface area (TPSA) is 70.7 Å². The van der Waals surface area contributed by atoms with Crippen molar-refractivity contribution in [1.29, 1.82) is 5.26 Å². The minimum absolute atomic E-state index is 0.0189. The number of rotatable bonds is 6. The molecule has 1 saturated carbocycles. The van der Waals surface area contributed by atoms with Gasteiger partial charge in [-0.2, -0.15) is 5.26 Å². The van der Waals surface area contributed by atoms with Crippen molar-refractivity contribution < 1.29 is 0 Å². The number of nitriles is 1. The summed E-state index contributed by atoms with van der Waals surface area (Å²) in [5.74, 6) is 1.30. The fourth-order valence-corrected chi connectivity index (χ4v) is 4.72. The number of nitrogens with one attached hydrogen (secondary N) is 1. The molecule has 1 aliphatic carbocycles. The monoisotopic (exact) mass is 424 g/mol. The second-order valence-electron chi connectivity index (χ2n) is 9.10. The molecule has 162 valence electrons. The highest BCUT2D eigenvalue weighted by molar-refractivity contribution is 5.78. The maximum absolute atomic E-state index is 13.3. The Kier molecular flexibility index (Phi) is 5.63. The molecule has 2 aliphatic rings. The largest absolute Gasteiger partial charge is 0.316 e. The lowest BCUT2D eigenvalue weighted by Crippen LogP contribution is -2.26. The summed E-state index contributed by atoms with van der Waals surface area (Å²) in [5, 5.41) is 12.6. The standard InChI is InChI=1S/C27H28N4O/c1-31-26(23-11-9-21(10-12-23)20-7-8-20)25(22-5-2-18(16-28)3-6-22)30-24(27(31)32)13-4-19-14-15-29-17-19/h2-3,5-6,9-12,19-20,29H,4,7-8,13-15,17H2,1H3/t19-/m1/s1. The van der Waals surface area contributed by atoms with Gasteiger partial charge in [-0.15, -0.1) is 0 Å². The molecule has 1 N–H and O–H groups in total. The maximum Gasteiger partial charge on any atom is 0.272 e. The Labute approximate surface area is 188 Å². The highest BCUT2D eigenvalue weighted by Crippen LogP contribution is 2.41. The number of aromatic nitrogens is 2. The van der Waals surface area contributed by atoms with E-state index >= 15 is 0 Å². The van der Waals surface area contributed by atoms with E-state index in [0.29, 0.717) is 29.5 Å². The minimum atomic E-state index is -0.0189. The fraction of sp³-hybridized carbons (Fsp3) is 0.370. The first-order chi connectivity index (χ1) is 15.6. The highest BCUT2D eigenvalue weighted by Gasteiger charge is 2.24. The SMILES string of the molecule is Cn1c(-c2ccc(C3CC3)cc2)c(-c2ccc(C#N)cc2)nc(CC[C@@H]2CCNC2)c1=O. The predicted molar refractivity (Wildman–Crippen MR) is 126 cm³/mol. The zero-order valence-corrected chi connectivity index (χ0v) is 18.5. The van der Waals surface area contributed by atoms with Crippen molar-refractivity contribution >= 4 is 0 Å². The summed E-state index contributed by atoms with van der Waals surface area (Å²) in [6, 6.07) is 18.2. The molecule has 2 aromatic carbocycles. The third-order valence-corrected chi connectivity index (χ3v) is 6.83. The third kappa shape index (κ3) is 4.11. The Bertz CT molecular complexity index is 1210. The van der Waals surface area contributed by atoms with E-state index in [1.807, 2.05) is 31.3 Å². The molecule has 0 unspecified atom stereocenters. The van der Waals surface area contributed by atoms with Gasteiger partial charge in [0.2, 0.25) is 0 Å². The molecule has 32 heavy (non-hydrogen) atoms. The first-order valence-electron chi connectivity index (χ1n) is 11.6. The van der Waals surface area contributed by atoms with Crippen LogP contribution in [0.4, 0.5) is 0 Å². The van der Waals surface area contributed by atoms with Crippen LogP contribution in [0.3, 0.4) is 0 Å². The summed E-state index contributed by atoms with van der Waals surface area (Å²) < 4.78 is 1.76. The molecular formula is C27H28N4O. The van der Waals surface area contributed by atoms with Crippen molar-refractivity contribution in [2.75, 3.05) is 13.1 Å². The van der Waals surface area contributed by atoms with Crippen LogP contribution in [0.2, 0.25) is 0 Å². The Morgan fingerprint density at radius 1 is 1.06 bits per heavy atom. The quantitative estimate of drug-likeness (QED) is 0.636. The molecule has 2 fully saturated rings. The van der Waals surface area contributed by atoms with Crippen molar-refractivity contribution in [3.63, 3.8) is 0 Å². The Balaban J connectivity index is 1.58. The molecule has 1 atom stereocenters. The van der Waals surface area contributed by atoms with Gasteiger partial charge in [-0.25, -0.2) is 4.98 Å². The number of hydrogen-bond donors (Lipinski definition) is 1. The molecule has 3 aromatic rings. The molecule has 5 nitrogen and oxygen atoms in total. The number of aryl methyl sites for hydroxylation is 1. The van der Waals surface area contributed by atoms with Crippen molar-refractivity contribution in [3.05, 3.63) is 75.7 Å². The molecule has 5 rings (SSSR count). The minimum Gasteiger partial charge on any atom is -0.316 e. The molecule has 1 aromatic heterocycles. The van der Waals surface area contributed by atoms with Gasteiger partial charge in [-0.3, -0.25) is 4.79 Å². The maximum atomic E-state index is 13.3. The normalized spacial score (nSPS) is 17.9. The van der Waals surface area contributed by atoms with E-state index in [4.69, 9.17) is 4.98 Å². The zero-order valence-electron chi connectivity index (χ0n) is 18.5. The summed E-state index contributed by atoms with van der Waals surface area (Å²) in [6.45, 7) is 2.08. The van der Waals surface area contributed by atoms with Crippen LogP contribution >= 0.6 is 0 Å².